The van der Waals surface area contributed by atoms with E-state index in [0.29, 0.717) is 0 Å². The minimum Gasteiger partial charge on any atom is -0.0979 e. The topological polar surface area (TPSA) is 0 Å². The smallest absolute Gasteiger partial charge is 0.0249 e. The van der Waals surface area contributed by atoms with Crippen LogP contribution in [-0.4, -0.2) is 0 Å². The summed E-state index contributed by atoms with van der Waals surface area (Å²) in [5, 5.41) is 0. The van der Waals surface area contributed by atoms with E-state index < -0.39 is 0 Å². The average Bonchev–Trinajstić information content (AvgIpc) is 2.79. The van der Waals surface area contributed by atoms with Crippen molar-refractivity contribution >= 4 is 0 Å². The predicted octanol–water partition coefficient (Wildman–Crippen LogP) is 7.78. The highest BCUT2D eigenvalue weighted by atomic mass is 14.3. The van der Waals surface area contributed by atoms with E-state index in [2.05, 4.69) is 86.1 Å². The third-order valence-electron chi connectivity index (χ3n) is 6.30. The zero-order valence-electron chi connectivity index (χ0n) is 18.8. The molecule has 1 aliphatic rings. The van der Waals surface area contributed by atoms with Crippen molar-refractivity contribution in [2.24, 2.45) is 11.8 Å². The Morgan fingerprint density at radius 2 is 1.13 bits per heavy atom. The molecule has 1 aliphatic carbocycles. The number of unbranched alkanes of at least 4 members (excludes halogenated alkanes) is 1. The zero-order chi connectivity index (χ0) is 21.0. The van der Waals surface area contributed by atoms with Crippen molar-refractivity contribution in [1.82, 2.24) is 0 Å². The maximum atomic E-state index is 3.30. The van der Waals surface area contributed by atoms with Crippen LogP contribution in [0.2, 0.25) is 0 Å². The Kier molecular flexibility index (Phi) is 9.12. The fourth-order valence-electron chi connectivity index (χ4n) is 4.41. The number of benzene rings is 2. The van der Waals surface area contributed by atoms with Gasteiger partial charge in [-0.3, -0.25) is 0 Å². The first-order valence-corrected chi connectivity index (χ1v) is 12.0. The lowest BCUT2D eigenvalue weighted by Crippen LogP contribution is -2.15. The van der Waals surface area contributed by atoms with Gasteiger partial charge in [0, 0.05) is 23.1 Å². The first kappa shape index (κ1) is 22.2. The van der Waals surface area contributed by atoms with Crippen molar-refractivity contribution in [3.63, 3.8) is 0 Å². The summed E-state index contributed by atoms with van der Waals surface area (Å²) in [6, 6.07) is 17.1. The third-order valence-corrected chi connectivity index (χ3v) is 6.30. The van der Waals surface area contributed by atoms with Gasteiger partial charge in [0.15, 0.2) is 0 Å². The Bertz CT molecular complexity index is 870. The Labute approximate surface area is 184 Å². The van der Waals surface area contributed by atoms with E-state index in [9.17, 15) is 0 Å². The van der Waals surface area contributed by atoms with E-state index in [-0.39, 0.29) is 0 Å². The van der Waals surface area contributed by atoms with Crippen LogP contribution in [0.25, 0.3) is 0 Å². The third kappa shape index (κ3) is 7.43. The molecule has 0 aliphatic heterocycles. The molecule has 1 fully saturated rings. The van der Waals surface area contributed by atoms with Gasteiger partial charge in [-0.25, -0.2) is 0 Å². The van der Waals surface area contributed by atoms with Gasteiger partial charge in [0.05, 0.1) is 0 Å². The molecule has 0 saturated heterocycles. The fraction of sp³-hybridized carbons (Fsp3) is 0.467. The van der Waals surface area contributed by atoms with Crippen LogP contribution in [0.3, 0.4) is 0 Å². The average molecular weight is 397 g/mol. The molecule has 2 aromatic carbocycles. The molecule has 1 saturated carbocycles. The van der Waals surface area contributed by atoms with Gasteiger partial charge in [0.2, 0.25) is 0 Å². The second-order valence-electron chi connectivity index (χ2n) is 8.79. The molecule has 0 unspecified atom stereocenters. The van der Waals surface area contributed by atoms with Crippen molar-refractivity contribution in [1.29, 1.82) is 0 Å². The molecule has 0 N–H and O–H groups in total. The molecule has 3 rings (SSSR count). The lowest BCUT2D eigenvalue weighted by Gasteiger charge is -2.28. The number of aryl methyl sites for hydroxylation is 1. The van der Waals surface area contributed by atoms with Crippen LogP contribution in [0.15, 0.2) is 48.5 Å². The summed E-state index contributed by atoms with van der Waals surface area (Å²) in [6.45, 7) is 4.47. The molecule has 30 heavy (non-hydrogen) atoms. The summed E-state index contributed by atoms with van der Waals surface area (Å²) in [6.07, 6.45) is 13.2. The largest absolute Gasteiger partial charge is 0.0979 e. The summed E-state index contributed by atoms with van der Waals surface area (Å²) in [7, 11) is 0. The second kappa shape index (κ2) is 12.3. The van der Waals surface area contributed by atoms with Crippen LogP contribution < -0.4 is 0 Å². The molecular formula is C30H36. The molecule has 0 heteroatoms. The molecule has 0 spiro atoms. The van der Waals surface area contributed by atoms with Gasteiger partial charge in [-0.2, -0.15) is 0 Å². The van der Waals surface area contributed by atoms with Crippen LogP contribution >= 0.6 is 0 Å². The van der Waals surface area contributed by atoms with E-state index in [1.54, 1.807) is 0 Å². The molecule has 0 nitrogen and oxygen atoms in total. The van der Waals surface area contributed by atoms with Crippen LogP contribution in [0.4, 0.5) is 0 Å². The summed E-state index contributed by atoms with van der Waals surface area (Å²) in [4.78, 5) is 0. The van der Waals surface area contributed by atoms with Crippen LogP contribution in [0.1, 0.15) is 93.9 Å². The predicted molar refractivity (Wildman–Crippen MR) is 129 cm³/mol. The van der Waals surface area contributed by atoms with Crippen LogP contribution in [-0.2, 0) is 6.42 Å². The first-order chi connectivity index (χ1) is 14.8. The Hall–Kier alpha value is -2.44. The Morgan fingerprint density at radius 1 is 0.633 bits per heavy atom. The van der Waals surface area contributed by atoms with E-state index in [0.717, 1.165) is 41.4 Å². The minimum absolute atomic E-state index is 0.937. The number of hydrogen-bond donors (Lipinski definition) is 0. The van der Waals surface area contributed by atoms with E-state index >= 15 is 0 Å². The molecule has 156 valence electrons. The molecule has 0 atom stereocenters. The molecule has 0 aromatic heterocycles. The number of hydrogen-bond acceptors (Lipinski definition) is 0. The normalized spacial score (nSPS) is 18.1. The van der Waals surface area contributed by atoms with Crippen LogP contribution in [0, 0.1) is 35.5 Å². The molecule has 2 aromatic rings. The van der Waals surface area contributed by atoms with Gasteiger partial charge in [-0.05, 0) is 73.1 Å². The molecule has 0 heterocycles. The lowest BCUT2D eigenvalue weighted by atomic mass is 9.78. The summed E-state index contributed by atoms with van der Waals surface area (Å²) in [5.74, 6) is 14.9. The van der Waals surface area contributed by atoms with Gasteiger partial charge in [-0.15, -0.1) is 0 Å². The monoisotopic (exact) mass is 396 g/mol. The SMILES string of the molecule is CCCC#Cc1ccc(C#Cc2ccc(CCC3CCC(CCC)CC3)cc2)cc1. The van der Waals surface area contributed by atoms with Gasteiger partial charge < -0.3 is 0 Å². The standard InChI is InChI=1S/C30H36/c1-3-5-6-8-26-11-15-28(16-12-26)18-20-30-23-21-29(22-24-30)19-17-27-13-9-25(7-4-2)10-14-27/h11-12,15-16,21-25,27H,3-5,7,9-10,13-14,17,19H2,1-2H3. The highest BCUT2D eigenvalue weighted by molar-refractivity contribution is 5.46. The lowest BCUT2D eigenvalue weighted by molar-refractivity contribution is 0.252. The maximum Gasteiger partial charge on any atom is 0.0249 e. The van der Waals surface area contributed by atoms with E-state index in [1.165, 1.54) is 56.9 Å². The Balaban J connectivity index is 1.47. The Morgan fingerprint density at radius 3 is 1.67 bits per heavy atom. The van der Waals surface area contributed by atoms with Gasteiger partial charge in [0.1, 0.15) is 0 Å². The van der Waals surface area contributed by atoms with E-state index in [4.69, 9.17) is 0 Å². The first-order valence-electron chi connectivity index (χ1n) is 12.0. The maximum absolute atomic E-state index is 3.30. The molecule has 0 radical (unpaired) electrons. The quantitative estimate of drug-likeness (QED) is 0.437. The number of rotatable bonds is 6. The van der Waals surface area contributed by atoms with Gasteiger partial charge in [0.25, 0.3) is 0 Å². The summed E-state index contributed by atoms with van der Waals surface area (Å²) < 4.78 is 0. The minimum atomic E-state index is 0.937. The fourth-order valence-corrected chi connectivity index (χ4v) is 4.41. The molecule has 0 bridgehead atoms. The summed E-state index contributed by atoms with van der Waals surface area (Å²) >= 11 is 0. The molecular weight excluding hydrogens is 360 g/mol. The second-order valence-corrected chi connectivity index (χ2v) is 8.79. The van der Waals surface area contributed by atoms with Crippen molar-refractivity contribution in [3.05, 3.63) is 70.8 Å². The van der Waals surface area contributed by atoms with Gasteiger partial charge in [-0.1, -0.05) is 88.2 Å². The highest BCUT2D eigenvalue weighted by Crippen LogP contribution is 2.33. The van der Waals surface area contributed by atoms with E-state index in [1.807, 2.05) is 0 Å². The zero-order valence-corrected chi connectivity index (χ0v) is 18.8. The molecule has 0 amide bonds. The van der Waals surface area contributed by atoms with Crippen LogP contribution in [0.5, 0.6) is 0 Å². The van der Waals surface area contributed by atoms with Gasteiger partial charge >= 0.3 is 0 Å². The van der Waals surface area contributed by atoms with Crippen molar-refractivity contribution < 1.29 is 0 Å². The van der Waals surface area contributed by atoms with Crippen molar-refractivity contribution in [3.8, 4) is 23.7 Å². The van der Waals surface area contributed by atoms with Crippen molar-refractivity contribution in [2.75, 3.05) is 0 Å². The van der Waals surface area contributed by atoms with Crippen molar-refractivity contribution in [2.45, 2.75) is 78.1 Å². The summed E-state index contributed by atoms with van der Waals surface area (Å²) in [5.41, 5.74) is 4.65. The highest BCUT2D eigenvalue weighted by Gasteiger charge is 2.20.